The van der Waals surface area contributed by atoms with E-state index in [4.69, 9.17) is 5.11 Å². The molecule has 7 heteroatoms. The number of amides is 1. The molecule has 0 saturated carbocycles. The fraction of sp³-hybridized carbons (Fsp3) is 0.267. The number of hydrogen-bond acceptors (Lipinski definition) is 5. The zero-order valence-electron chi connectivity index (χ0n) is 12.0. The molecule has 0 spiro atoms. The highest BCUT2D eigenvalue weighted by atomic mass is 32.2. The van der Waals surface area contributed by atoms with Crippen LogP contribution in [0.1, 0.15) is 16.1 Å². The highest BCUT2D eigenvalue weighted by Gasteiger charge is 2.08. The maximum Gasteiger partial charge on any atom is 0.313 e. The molecule has 0 bridgehead atoms. The molecule has 0 saturated heterocycles. The number of thiazole rings is 1. The first-order valence-corrected chi connectivity index (χ1v) is 8.70. The quantitative estimate of drug-likeness (QED) is 0.760. The molecule has 0 fully saturated rings. The average molecular weight is 336 g/mol. The number of nitrogens with one attached hydrogen (secondary N) is 1. The zero-order chi connectivity index (χ0) is 15.9. The molecule has 1 amide bonds. The van der Waals surface area contributed by atoms with Crippen molar-refractivity contribution in [3.63, 3.8) is 0 Å². The molecule has 0 unspecified atom stereocenters. The minimum absolute atomic E-state index is 0.0504. The third-order valence-corrected chi connectivity index (χ3v) is 4.70. The maximum atomic E-state index is 12.1. The summed E-state index contributed by atoms with van der Waals surface area (Å²) < 4.78 is 0. The Labute approximate surface area is 136 Å². The van der Waals surface area contributed by atoms with Crippen LogP contribution in [-0.2, 0) is 4.79 Å². The molecule has 2 N–H and O–H groups in total. The van der Waals surface area contributed by atoms with Gasteiger partial charge in [-0.15, -0.1) is 23.1 Å². The molecule has 2 rings (SSSR count). The minimum Gasteiger partial charge on any atom is -0.481 e. The molecule has 0 atom stereocenters. The molecule has 0 radical (unpaired) electrons. The number of carboxylic acid groups (broad SMARTS) is 1. The number of carbonyl (C=O) groups excluding carboxylic acids is 1. The van der Waals surface area contributed by atoms with E-state index in [9.17, 15) is 9.59 Å². The van der Waals surface area contributed by atoms with Gasteiger partial charge in [-0.2, -0.15) is 0 Å². The van der Waals surface area contributed by atoms with Crippen LogP contribution in [0.25, 0.3) is 10.6 Å². The molecule has 5 nitrogen and oxygen atoms in total. The Morgan fingerprint density at radius 3 is 2.91 bits per heavy atom. The van der Waals surface area contributed by atoms with E-state index in [1.165, 1.54) is 11.8 Å². The normalized spacial score (nSPS) is 10.4. The number of carbonyl (C=O) groups is 2. The van der Waals surface area contributed by atoms with Gasteiger partial charge in [0.05, 0.1) is 5.75 Å². The molecule has 1 heterocycles. The summed E-state index contributed by atoms with van der Waals surface area (Å²) in [5.41, 5.74) is 2.46. The number of thioether (sulfide) groups is 1. The van der Waals surface area contributed by atoms with Crippen molar-refractivity contribution in [2.45, 2.75) is 6.92 Å². The van der Waals surface area contributed by atoms with E-state index in [1.807, 2.05) is 30.5 Å². The summed E-state index contributed by atoms with van der Waals surface area (Å²) in [5, 5.41) is 14.2. The number of rotatable bonds is 7. The van der Waals surface area contributed by atoms with Crippen LogP contribution < -0.4 is 5.32 Å². The van der Waals surface area contributed by atoms with Gasteiger partial charge in [0.25, 0.3) is 5.91 Å². The largest absolute Gasteiger partial charge is 0.481 e. The molecule has 22 heavy (non-hydrogen) atoms. The summed E-state index contributed by atoms with van der Waals surface area (Å²) in [6.45, 7) is 2.38. The SMILES string of the molecule is Cc1csc(-c2cccc(C(=O)NCCSCC(=O)O)c2)n1. The zero-order valence-corrected chi connectivity index (χ0v) is 13.7. The summed E-state index contributed by atoms with van der Waals surface area (Å²) in [6, 6.07) is 7.33. The number of nitrogens with zero attached hydrogens (tertiary/aromatic N) is 1. The molecule has 0 aliphatic heterocycles. The summed E-state index contributed by atoms with van der Waals surface area (Å²) >= 11 is 2.83. The fourth-order valence-corrected chi connectivity index (χ4v) is 3.14. The van der Waals surface area contributed by atoms with Crippen molar-refractivity contribution >= 4 is 35.0 Å². The van der Waals surface area contributed by atoms with E-state index in [0.29, 0.717) is 17.9 Å². The number of aromatic nitrogens is 1. The number of carboxylic acids is 1. The standard InChI is InChI=1S/C15H16N2O3S2/c1-10-8-22-15(17-10)12-4-2-3-11(7-12)14(20)16-5-6-21-9-13(18)19/h2-4,7-8H,5-6,9H2,1H3,(H,16,20)(H,18,19). The molecular weight excluding hydrogens is 320 g/mol. The molecule has 2 aromatic rings. The summed E-state index contributed by atoms with van der Waals surface area (Å²) in [5.74, 6) is -0.383. The smallest absolute Gasteiger partial charge is 0.313 e. The Morgan fingerprint density at radius 1 is 1.41 bits per heavy atom. The average Bonchev–Trinajstić information content (AvgIpc) is 2.93. The van der Waals surface area contributed by atoms with Gasteiger partial charge in [0, 0.05) is 34.5 Å². The van der Waals surface area contributed by atoms with Crippen molar-refractivity contribution in [2.24, 2.45) is 0 Å². The lowest BCUT2D eigenvalue weighted by Crippen LogP contribution is -2.26. The van der Waals surface area contributed by atoms with E-state index >= 15 is 0 Å². The van der Waals surface area contributed by atoms with Crippen LogP contribution in [0.2, 0.25) is 0 Å². The molecule has 0 aliphatic carbocycles. The highest BCUT2D eigenvalue weighted by molar-refractivity contribution is 7.99. The van der Waals surface area contributed by atoms with Gasteiger partial charge in [-0.3, -0.25) is 9.59 Å². The molecular formula is C15H16N2O3S2. The van der Waals surface area contributed by atoms with Crippen LogP contribution in [0, 0.1) is 6.92 Å². The molecule has 1 aromatic heterocycles. The summed E-state index contributed by atoms with van der Waals surface area (Å²) in [7, 11) is 0. The van der Waals surface area contributed by atoms with E-state index in [0.717, 1.165) is 16.3 Å². The van der Waals surface area contributed by atoms with E-state index in [2.05, 4.69) is 10.3 Å². The Kier molecular flexibility index (Phi) is 5.97. The first-order valence-electron chi connectivity index (χ1n) is 6.66. The van der Waals surface area contributed by atoms with Gasteiger partial charge < -0.3 is 10.4 Å². The van der Waals surface area contributed by atoms with Crippen LogP contribution in [-0.4, -0.2) is 40.0 Å². The van der Waals surface area contributed by atoms with Crippen molar-refractivity contribution in [2.75, 3.05) is 18.1 Å². The molecule has 0 aliphatic rings. The lowest BCUT2D eigenvalue weighted by Gasteiger charge is -2.06. The summed E-state index contributed by atoms with van der Waals surface area (Å²) in [4.78, 5) is 26.9. The van der Waals surface area contributed by atoms with Gasteiger partial charge in [-0.1, -0.05) is 12.1 Å². The van der Waals surface area contributed by atoms with Crippen LogP contribution in [0.15, 0.2) is 29.6 Å². The number of hydrogen-bond donors (Lipinski definition) is 2. The lowest BCUT2D eigenvalue weighted by molar-refractivity contribution is -0.133. The van der Waals surface area contributed by atoms with Crippen LogP contribution in [0.3, 0.4) is 0 Å². The van der Waals surface area contributed by atoms with Gasteiger partial charge in [-0.25, -0.2) is 4.98 Å². The van der Waals surface area contributed by atoms with E-state index in [-0.39, 0.29) is 11.7 Å². The second-order valence-corrected chi connectivity index (χ2v) is 6.54. The maximum absolute atomic E-state index is 12.1. The Hall–Kier alpha value is -1.86. The van der Waals surface area contributed by atoms with Crippen molar-refractivity contribution in [3.05, 3.63) is 40.9 Å². The highest BCUT2D eigenvalue weighted by Crippen LogP contribution is 2.24. The summed E-state index contributed by atoms with van der Waals surface area (Å²) in [6.07, 6.45) is 0. The number of aliphatic carboxylic acids is 1. The van der Waals surface area contributed by atoms with Crippen LogP contribution >= 0.6 is 23.1 Å². The molecule has 1 aromatic carbocycles. The topological polar surface area (TPSA) is 79.3 Å². The Morgan fingerprint density at radius 2 is 2.23 bits per heavy atom. The van der Waals surface area contributed by atoms with Crippen molar-refractivity contribution in [3.8, 4) is 10.6 Å². The van der Waals surface area contributed by atoms with Gasteiger partial charge in [0.15, 0.2) is 0 Å². The van der Waals surface area contributed by atoms with Gasteiger partial charge in [-0.05, 0) is 19.1 Å². The number of benzene rings is 1. The van der Waals surface area contributed by atoms with E-state index in [1.54, 1.807) is 17.4 Å². The van der Waals surface area contributed by atoms with Crippen molar-refractivity contribution in [1.82, 2.24) is 10.3 Å². The van der Waals surface area contributed by atoms with Crippen LogP contribution in [0.5, 0.6) is 0 Å². The van der Waals surface area contributed by atoms with Gasteiger partial charge in [0.2, 0.25) is 0 Å². The Balaban J connectivity index is 1.92. The van der Waals surface area contributed by atoms with Crippen molar-refractivity contribution < 1.29 is 14.7 Å². The lowest BCUT2D eigenvalue weighted by atomic mass is 10.1. The number of aryl methyl sites for hydroxylation is 1. The second kappa shape index (κ2) is 7.95. The minimum atomic E-state index is -0.845. The second-order valence-electron chi connectivity index (χ2n) is 4.58. The van der Waals surface area contributed by atoms with Crippen LogP contribution in [0.4, 0.5) is 0 Å². The first-order chi connectivity index (χ1) is 10.6. The predicted octanol–water partition coefficient (Wildman–Crippen LogP) is 2.67. The van der Waals surface area contributed by atoms with Gasteiger partial charge in [0.1, 0.15) is 5.01 Å². The monoisotopic (exact) mass is 336 g/mol. The Bertz CT molecular complexity index is 670. The first kappa shape index (κ1) is 16.5. The fourth-order valence-electron chi connectivity index (χ4n) is 1.78. The predicted molar refractivity (Wildman–Crippen MR) is 89.6 cm³/mol. The van der Waals surface area contributed by atoms with Crippen molar-refractivity contribution in [1.29, 1.82) is 0 Å². The third-order valence-electron chi connectivity index (χ3n) is 2.75. The van der Waals surface area contributed by atoms with E-state index < -0.39 is 5.97 Å². The molecule has 116 valence electrons. The third kappa shape index (κ3) is 4.85. The van der Waals surface area contributed by atoms with Gasteiger partial charge >= 0.3 is 5.97 Å².